The van der Waals surface area contributed by atoms with Crippen LogP contribution in [0.4, 0.5) is 0 Å². The fourth-order valence-electron chi connectivity index (χ4n) is 3.12. The Morgan fingerprint density at radius 3 is 2.40 bits per heavy atom. The van der Waals surface area contributed by atoms with E-state index in [1.807, 2.05) is 0 Å². The van der Waals surface area contributed by atoms with E-state index in [0.717, 1.165) is 19.0 Å². The lowest BCUT2D eigenvalue weighted by molar-refractivity contribution is -0.508. The van der Waals surface area contributed by atoms with Gasteiger partial charge in [0, 0.05) is 6.61 Å². The summed E-state index contributed by atoms with van der Waals surface area (Å²) < 4.78 is 6.29. The Morgan fingerprint density at radius 1 is 1.12 bits per heavy atom. The van der Waals surface area contributed by atoms with Crippen molar-refractivity contribution in [1.82, 2.24) is 5.32 Å². The zero-order valence-electron chi connectivity index (χ0n) is 17.7. The van der Waals surface area contributed by atoms with Crippen LogP contribution in [0.25, 0.3) is 0 Å². The molecule has 1 heterocycles. The number of rotatable bonds is 6. The highest BCUT2D eigenvalue weighted by atomic mass is 28.4. The largest absolute Gasteiger partial charge is 0.417 e. The molecule has 0 aromatic rings. The second-order valence-electron chi connectivity index (χ2n) is 9.40. The van der Waals surface area contributed by atoms with Gasteiger partial charge in [-0.1, -0.05) is 46.5 Å². The maximum atomic E-state index is 6.29. The molecule has 0 aliphatic carbocycles. The van der Waals surface area contributed by atoms with Gasteiger partial charge in [0.05, 0.1) is 12.1 Å². The SMILES string of the molecule is C[C@@H]1CCCCCC[C@H](CCCCO[Si](C)(C)C(C)(C)C)[NH+]=C(N)N1. The molecule has 0 saturated carbocycles. The minimum absolute atomic E-state index is 0.301. The van der Waals surface area contributed by atoms with E-state index in [4.69, 9.17) is 10.2 Å². The number of unbranched alkanes of at least 4 members (excludes halogenated alkanes) is 1. The van der Waals surface area contributed by atoms with Gasteiger partial charge in [-0.05, 0) is 57.2 Å². The molecule has 0 saturated heterocycles. The Labute approximate surface area is 157 Å². The van der Waals surface area contributed by atoms with Crippen LogP contribution in [0.3, 0.4) is 0 Å². The molecule has 4 N–H and O–H groups in total. The summed E-state index contributed by atoms with van der Waals surface area (Å²) >= 11 is 0. The zero-order chi connectivity index (χ0) is 18.9. The second-order valence-corrected chi connectivity index (χ2v) is 14.2. The Morgan fingerprint density at radius 2 is 1.76 bits per heavy atom. The van der Waals surface area contributed by atoms with Crippen molar-refractivity contribution in [2.45, 2.75) is 116 Å². The third-order valence-corrected chi connectivity index (χ3v) is 10.5. The van der Waals surface area contributed by atoms with Crippen LogP contribution in [0.5, 0.6) is 0 Å². The molecule has 148 valence electrons. The van der Waals surface area contributed by atoms with Gasteiger partial charge in [-0.2, -0.15) is 0 Å². The Balaban J connectivity index is 2.39. The van der Waals surface area contributed by atoms with E-state index in [1.54, 1.807) is 0 Å². The number of hydrogen-bond acceptors (Lipinski definition) is 3. The van der Waals surface area contributed by atoms with Crippen molar-refractivity contribution in [3.05, 3.63) is 0 Å². The van der Waals surface area contributed by atoms with E-state index < -0.39 is 8.32 Å². The van der Waals surface area contributed by atoms with Crippen LogP contribution in [-0.2, 0) is 4.43 Å². The molecule has 0 aromatic carbocycles. The summed E-state index contributed by atoms with van der Waals surface area (Å²) in [5.41, 5.74) is 6.17. The molecule has 0 radical (unpaired) electrons. The van der Waals surface area contributed by atoms with Crippen molar-refractivity contribution in [2.75, 3.05) is 6.61 Å². The lowest BCUT2D eigenvalue weighted by atomic mass is 10.0. The van der Waals surface area contributed by atoms with Crippen molar-refractivity contribution in [1.29, 1.82) is 0 Å². The molecule has 0 unspecified atom stereocenters. The van der Waals surface area contributed by atoms with Gasteiger partial charge < -0.3 is 4.43 Å². The summed E-state index contributed by atoms with van der Waals surface area (Å²) in [6.45, 7) is 14.7. The number of hydrogen-bond donors (Lipinski definition) is 3. The van der Waals surface area contributed by atoms with Gasteiger partial charge >= 0.3 is 5.96 Å². The smallest absolute Gasteiger partial charge is 0.341 e. The van der Waals surface area contributed by atoms with E-state index >= 15 is 0 Å². The van der Waals surface area contributed by atoms with Crippen molar-refractivity contribution < 1.29 is 9.42 Å². The monoisotopic (exact) mass is 370 g/mol. The normalized spacial score (nSPS) is 24.2. The average Bonchev–Trinajstić information content (AvgIpc) is 2.51. The maximum absolute atomic E-state index is 6.29. The van der Waals surface area contributed by atoms with Crippen LogP contribution < -0.4 is 16.0 Å². The summed E-state index contributed by atoms with van der Waals surface area (Å²) in [7, 11) is -1.60. The van der Waals surface area contributed by atoms with Crippen molar-refractivity contribution in [2.24, 2.45) is 5.73 Å². The first-order valence-electron chi connectivity index (χ1n) is 10.4. The van der Waals surface area contributed by atoms with Crippen LogP contribution in [0.2, 0.25) is 18.1 Å². The first kappa shape index (κ1) is 22.5. The van der Waals surface area contributed by atoms with Gasteiger partial charge in [0.15, 0.2) is 8.32 Å². The molecular weight excluding hydrogens is 326 g/mol. The highest BCUT2D eigenvalue weighted by Gasteiger charge is 2.36. The molecule has 1 aliphatic heterocycles. The number of nitrogens with one attached hydrogen (secondary N) is 2. The van der Waals surface area contributed by atoms with E-state index in [1.165, 1.54) is 51.4 Å². The van der Waals surface area contributed by atoms with Gasteiger partial charge in [0.2, 0.25) is 0 Å². The van der Waals surface area contributed by atoms with E-state index in [2.05, 4.69) is 51.1 Å². The fourth-order valence-corrected chi connectivity index (χ4v) is 4.21. The lowest BCUT2D eigenvalue weighted by Gasteiger charge is -2.36. The Hall–Kier alpha value is -0.553. The van der Waals surface area contributed by atoms with Crippen LogP contribution in [-0.4, -0.2) is 33.0 Å². The summed E-state index contributed by atoms with van der Waals surface area (Å²) in [4.78, 5) is 3.53. The highest BCUT2D eigenvalue weighted by molar-refractivity contribution is 6.74. The molecule has 4 nitrogen and oxygen atoms in total. The van der Waals surface area contributed by atoms with Crippen molar-refractivity contribution in [3.8, 4) is 0 Å². The molecule has 0 spiro atoms. The topological polar surface area (TPSA) is 61.2 Å². The lowest BCUT2D eigenvalue weighted by Crippen LogP contribution is -2.84. The van der Waals surface area contributed by atoms with Gasteiger partial charge in [-0.15, -0.1) is 0 Å². The maximum Gasteiger partial charge on any atom is 0.341 e. The summed E-state index contributed by atoms with van der Waals surface area (Å²) in [5.74, 6) is 0.761. The van der Waals surface area contributed by atoms with Crippen LogP contribution >= 0.6 is 0 Å². The molecule has 2 atom stereocenters. The van der Waals surface area contributed by atoms with Crippen LogP contribution in [0.1, 0.15) is 85.5 Å². The predicted octanol–water partition coefficient (Wildman–Crippen LogP) is 3.27. The molecule has 25 heavy (non-hydrogen) atoms. The first-order chi connectivity index (χ1) is 11.6. The van der Waals surface area contributed by atoms with Gasteiger partial charge in [-0.25, -0.2) is 0 Å². The van der Waals surface area contributed by atoms with E-state index in [-0.39, 0.29) is 0 Å². The first-order valence-corrected chi connectivity index (χ1v) is 13.3. The number of nitrogens with two attached hydrogens (primary N) is 1. The minimum Gasteiger partial charge on any atom is -0.417 e. The highest BCUT2D eigenvalue weighted by Crippen LogP contribution is 2.36. The Bertz CT molecular complexity index is 404. The van der Waals surface area contributed by atoms with E-state index in [0.29, 0.717) is 17.1 Å². The third-order valence-electron chi connectivity index (χ3n) is 5.92. The molecule has 0 bridgehead atoms. The summed E-state index contributed by atoms with van der Waals surface area (Å²) in [5, 5.41) is 3.71. The predicted molar refractivity (Wildman–Crippen MR) is 111 cm³/mol. The zero-order valence-corrected chi connectivity index (χ0v) is 18.7. The quantitative estimate of drug-likeness (QED) is 0.497. The summed E-state index contributed by atoms with van der Waals surface area (Å²) in [6.07, 6.45) is 11.3. The van der Waals surface area contributed by atoms with Crippen molar-refractivity contribution in [3.63, 3.8) is 0 Å². The molecule has 0 aromatic heterocycles. The average molecular weight is 371 g/mol. The van der Waals surface area contributed by atoms with E-state index in [9.17, 15) is 0 Å². The minimum atomic E-state index is -1.60. The van der Waals surface area contributed by atoms with Gasteiger partial charge in [0.1, 0.15) is 0 Å². The van der Waals surface area contributed by atoms with Gasteiger partial charge in [-0.3, -0.25) is 16.0 Å². The molecule has 0 fully saturated rings. The third kappa shape index (κ3) is 9.09. The molecule has 5 heteroatoms. The van der Waals surface area contributed by atoms with Crippen molar-refractivity contribution >= 4 is 14.3 Å². The standard InChI is InChI=1S/C20H43N3OSi/c1-17-13-9-7-8-10-14-18(23-19(21)22-17)15-11-12-16-24-25(5,6)20(2,3)4/h17-18H,7-16H2,1-6H3,(H3,21,22,23)/p+1/t17-,18-/m1/s1. The molecular formula is C20H44N3OSi+. The van der Waals surface area contributed by atoms with Crippen LogP contribution in [0.15, 0.2) is 0 Å². The second kappa shape index (κ2) is 10.6. The molecule has 0 amide bonds. The molecule has 1 rings (SSSR count). The van der Waals surface area contributed by atoms with Gasteiger partial charge in [0.25, 0.3) is 0 Å². The number of guanidine groups is 1. The summed E-state index contributed by atoms with van der Waals surface area (Å²) in [6, 6.07) is 0.954. The fraction of sp³-hybridized carbons (Fsp3) is 0.950. The Kier molecular flexibility index (Phi) is 9.50. The molecule has 1 aliphatic rings. The van der Waals surface area contributed by atoms with Crippen LogP contribution in [0, 0.1) is 0 Å².